The van der Waals surface area contributed by atoms with Gasteiger partial charge in [0, 0.05) is 61.6 Å². The molecule has 30 heavy (non-hydrogen) atoms. The number of halogens is 2. The van der Waals surface area contributed by atoms with E-state index in [1.165, 1.54) is 12.1 Å². The Morgan fingerprint density at radius 3 is 2.63 bits per heavy atom. The monoisotopic (exact) mass is 415 g/mol. The highest BCUT2D eigenvalue weighted by atomic mass is 19.1. The molecule has 7 heteroatoms. The number of ether oxygens (including phenoxy) is 2. The van der Waals surface area contributed by atoms with Gasteiger partial charge in [0.05, 0.1) is 6.20 Å². The average molecular weight is 415 g/mol. The van der Waals surface area contributed by atoms with Gasteiger partial charge in [0.1, 0.15) is 18.1 Å². The Morgan fingerprint density at radius 2 is 1.93 bits per heavy atom. The molecule has 1 atom stereocenters. The van der Waals surface area contributed by atoms with Gasteiger partial charge >= 0.3 is 0 Å². The van der Waals surface area contributed by atoms with Gasteiger partial charge in [0.15, 0.2) is 11.6 Å². The van der Waals surface area contributed by atoms with Crippen molar-refractivity contribution in [2.24, 2.45) is 0 Å². The molecule has 2 saturated heterocycles. The molecule has 1 aromatic heterocycles. The molecule has 3 heterocycles. The number of likely N-dealkylation sites (tertiary alicyclic amines) is 1. The van der Waals surface area contributed by atoms with Crippen LogP contribution >= 0.6 is 0 Å². The van der Waals surface area contributed by atoms with E-state index in [9.17, 15) is 8.78 Å². The van der Waals surface area contributed by atoms with Crippen LogP contribution in [0.25, 0.3) is 5.57 Å². The van der Waals surface area contributed by atoms with Crippen molar-refractivity contribution >= 4 is 5.57 Å². The third-order valence-electron chi connectivity index (χ3n) is 5.76. The summed E-state index contributed by atoms with van der Waals surface area (Å²) >= 11 is 0. The Bertz CT molecular complexity index is 913. The Morgan fingerprint density at radius 1 is 1.13 bits per heavy atom. The zero-order chi connectivity index (χ0) is 21.1. The van der Waals surface area contributed by atoms with Crippen molar-refractivity contribution in [1.82, 2.24) is 14.7 Å². The van der Waals surface area contributed by atoms with E-state index < -0.39 is 11.6 Å². The second-order valence-corrected chi connectivity index (χ2v) is 7.83. The second-order valence-electron chi connectivity index (χ2n) is 7.83. The Balaban J connectivity index is 1.31. The van der Waals surface area contributed by atoms with Gasteiger partial charge in [-0.3, -0.25) is 0 Å². The van der Waals surface area contributed by atoms with E-state index in [2.05, 4.69) is 23.2 Å². The summed E-state index contributed by atoms with van der Waals surface area (Å²) in [5, 5.41) is 4.45. The van der Waals surface area contributed by atoms with Crippen molar-refractivity contribution in [1.29, 1.82) is 0 Å². The number of hydrogen-bond donors (Lipinski definition) is 0. The summed E-state index contributed by atoms with van der Waals surface area (Å²) in [5.74, 6) is -1.19. The third-order valence-corrected chi connectivity index (χ3v) is 5.76. The lowest BCUT2D eigenvalue weighted by molar-refractivity contribution is -0.0395. The fourth-order valence-electron chi connectivity index (χ4n) is 3.94. The van der Waals surface area contributed by atoms with Crippen LogP contribution in [0.5, 0.6) is 5.75 Å². The molecule has 2 aliphatic rings. The molecule has 5 nitrogen and oxygen atoms in total. The van der Waals surface area contributed by atoms with Crippen LogP contribution in [0.3, 0.4) is 0 Å². The van der Waals surface area contributed by atoms with Gasteiger partial charge in [-0.25, -0.2) is 13.5 Å². The van der Waals surface area contributed by atoms with Gasteiger partial charge in [0.2, 0.25) is 0 Å². The maximum atomic E-state index is 13.8. The minimum absolute atomic E-state index is 0.00619. The predicted molar refractivity (Wildman–Crippen MR) is 111 cm³/mol. The molecule has 0 radical (unpaired) electrons. The molecule has 2 fully saturated rings. The summed E-state index contributed by atoms with van der Waals surface area (Å²) in [6.45, 7) is 10.7. The van der Waals surface area contributed by atoms with Gasteiger partial charge in [-0.2, -0.15) is 5.10 Å². The summed E-state index contributed by atoms with van der Waals surface area (Å²) in [7, 11) is 0. The van der Waals surface area contributed by atoms with Crippen LogP contribution < -0.4 is 4.74 Å². The molecular formula is C23H27F2N3O2. The minimum atomic E-state index is -0.672. The van der Waals surface area contributed by atoms with E-state index in [1.807, 2.05) is 10.9 Å². The van der Waals surface area contributed by atoms with Crippen LogP contribution in [0.1, 0.15) is 43.9 Å². The first-order chi connectivity index (χ1) is 14.5. The normalized spacial score (nSPS) is 20.2. The Labute approximate surface area is 175 Å². The Hall–Kier alpha value is -2.67. The molecule has 0 N–H and O–H groups in total. The zero-order valence-electron chi connectivity index (χ0n) is 17.0. The molecule has 160 valence electrons. The molecule has 1 unspecified atom stereocenters. The molecule has 2 aromatic rings. The highest BCUT2D eigenvalue weighted by Gasteiger charge is 2.24. The molecule has 0 saturated carbocycles. The molecular weight excluding hydrogens is 388 g/mol. The maximum Gasteiger partial charge on any atom is 0.167 e. The van der Waals surface area contributed by atoms with Crippen molar-refractivity contribution < 1.29 is 18.3 Å². The summed E-state index contributed by atoms with van der Waals surface area (Å²) < 4.78 is 40.3. The fourth-order valence-corrected chi connectivity index (χ4v) is 3.94. The van der Waals surface area contributed by atoms with Gasteiger partial charge in [0.25, 0.3) is 0 Å². The number of rotatable bonds is 6. The van der Waals surface area contributed by atoms with E-state index in [0.717, 1.165) is 74.7 Å². The molecule has 1 aromatic carbocycles. The van der Waals surface area contributed by atoms with Crippen LogP contribution in [0.15, 0.2) is 49.4 Å². The van der Waals surface area contributed by atoms with E-state index in [-0.39, 0.29) is 18.1 Å². The van der Waals surface area contributed by atoms with E-state index >= 15 is 0 Å². The minimum Gasteiger partial charge on any atom is -0.487 e. The number of nitrogens with zero attached hydrogens (tertiary/aromatic N) is 3. The molecule has 0 bridgehead atoms. The first-order valence-corrected chi connectivity index (χ1v) is 10.4. The molecule has 0 amide bonds. The van der Waals surface area contributed by atoms with Gasteiger partial charge in [-0.15, -0.1) is 0 Å². The fraction of sp³-hybridized carbons (Fsp3) is 0.435. The van der Waals surface area contributed by atoms with E-state index in [0.29, 0.717) is 0 Å². The van der Waals surface area contributed by atoms with Gasteiger partial charge < -0.3 is 14.4 Å². The summed E-state index contributed by atoms with van der Waals surface area (Å²) in [6.07, 6.45) is 8.30. The quantitative estimate of drug-likeness (QED) is 0.627. The average Bonchev–Trinajstić information content (AvgIpc) is 3.26. The standard InChI is InChI=1S/C23H27F2N3O2/c1-16(18-14-26-28(15-18)23-5-3-4-12-29-23)17(2)27-10-8-20(9-11-27)30-22-7-6-19(24)13-21(22)25/h6-7,13-15,20,23H,1-5,8-12H2. The SMILES string of the molecule is C=C(C(=C)N1CCC(Oc2ccc(F)cc2F)CC1)c1cnn(C2CCCCO2)c1. The van der Waals surface area contributed by atoms with Crippen LogP contribution in [-0.4, -0.2) is 40.5 Å². The van der Waals surface area contributed by atoms with Crippen LogP contribution in [0, 0.1) is 11.6 Å². The predicted octanol–water partition coefficient (Wildman–Crippen LogP) is 4.93. The maximum absolute atomic E-state index is 13.8. The van der Waals surface area contributed by atoms with Crippen LogP contribution in [0.4, 0.5) is 8.78 Å². The van der Waals surface area contributed by atoms with Crippen molar-refractivity contribution in [3.05, 3.63) is 66.6 Å². The lowest BCUT2D eigenvalue weighted by Crippen LogP contribution is -2.37. The van der Waals surface area contributed by atoms with Gasteiger partial charge in [-0.05, 0) is 31.4 Å². The highest BCUT2D eigenvalue weighted by Crippen LogP contribution is 2.29. The zero-order valence-corrected chi connectivity index (χ0v) is 17.0. The van der Waals surface area contributed by atoms with E-state index in [1.54, 1.807) is 6.20 Å². The molecule has 0 spiro atoms. The number of piperidine rings is 1. The second kappa shape index (κ2) is 9.00. The topological polar surface area (TPSA) is 39.5 Å². The first kappa shape index (κ1) is 20.6. The van der Waals surface area contributed by atoms with Crippen molar-refractivity contribution in [3.8, 4) is 5.75 Å². The third kappa shape index (κ3) is 4.56. The number of hydrogen-bond acceptors (Lipinski definition) is 4. The summed E-state index contributed by atoms with van der Waals surface area (Å²) in [5.41, 5.74) is 2.62. The molecule has 0 aliphatic carbocycles. The lowest BCUT2D eigenvalue weighted by Gasteiger charge is -2.35. The summed E-state index contributed by atoms with van der Waals surface area (Å²) in [4.78, 5) is 2.16. The number of aromatic nitrogens is 2. The molecule has 2 aliphatic heterocycles. The number of allylic oxidation sites excluding steroid dienone is 1. The highest BCUT2D eigenvalue weighted by molar-refractivity contribution is 5.75. The van der Waals surface area contributed by atoms with Crippen molar-refractivity contribution in [2.45, 2.75) is 44.4 Å². The smallest absolute Gasteiger partial charge is 0.167 e. The Kier molecular flexibility index (Phi) is 6.18. The van der Waals surface area contributed by atoms with Crippen molar-refractivity contribution in [2.75, 3.05) is 19.7 Å². The largest absolute Gasteiger partial charge is 0.487 e. The van der Waals surface area contributed by atoms with Crippen molar-refractivity contribution in [3.63, 3.8) is 0 Å². The van der Waals surface area contributed by atoms with E-state index in [4.69, 9.17) is 9.47 Å². The first-order valence-electron chi connectivity index (χ1n) is 10.4. The van der Waals surface area contributed by atoms with Gasteiger partial charge in [-0.1, -0.05) is 13.2 Å². The molecule has 4 rings (SSSR count). The summed E-state index contributed by atoms with van der Waals surface area (Å²) in [6, 6.07) is 3.39. The lowest BCUT2D eigenvalue weighted by atomic mass is 10.0. The van der Waals surface area contributed by atoms with Crippen LogP contribution in [0.2, 0.25) is 0 Å². The van der Waals surface area contributed by atoms with Crippen LogP contribution in [-0.2, 0) is 4.74 Å². The number of benzene rings is 1.